The molecule has 0 aliphatic carbocycles. The number of aryl methyl sites for hydroxylation is 1. The van der Waals surface area contributed by atoms with E-state index >= 15 is 0 Å². The third-order valence-corrected chi connectivity index (χ3v) is 6.13. The van der Waals surface area contributed by atoms with Gasteiger partial charge in [-0.1, -0.05) is 84.9 Å². The molecule has 1 aromatic heterocycles. The van der Waals surface area contributed by atoms with Crippen molar-refractivity contribution < 1.29 is 24.2 Å². The molecule has 0 radical (unpaired) electrons. The van der Waals surface area contributed by atoms with E-state index in [4.69, 9.17) is 9.47 Å². The molecule has 0 saturated carbocycles. The Morgan fingerprint density at radius 2 is 1.61 bits per heavy atom. The van der Waals surface area contributed by atoms with E-state index in [-0.39, 0.29) is 13.0 Å². The molecule has 8 nitrogen and oxygen atoms in total. The van der Waals surface area contributed by atoms with Crippen LogP contribution in [0.2, 0.25) is 0 Å². The number of carbonyl (C=O) groups is 2. The predicted molar refractivity (Wildman–Crippen MR) is 145 cm³/mol. The van der Waals surface area contributed by atoms with Crippen molar-refractivity contribution in [1.29, 1.82) is 0 Å². The zero-order chi connectivity index (χ0) is 26.9. The molecule has 2 unspecified atom stereocenters. The summed E-state index contributed by atoms with van der Waals surface area (Å²) in [6.45, 7) is 2.10. The predicted octanol–water partition coefficient (Wildman–Crippen LogP) is 6.00. The van der Waals surface area contributed by atoms with Crippen LogP contribution in [0, 0.1) is 0 Å². The fourth-order valence-corrected chi connectivity index (χ4v) is 4.10. The van der Waals surface area contributed by atoms with Crippen LogP contribution < -0.4 is 5.32 Å². The highest BCUT2D eigenvalue weighted by molar-refractivity contribution is 5.89. The lowest BCUT2D eigenvalue weighted by molar-refractivity contribution is -0.140. The third-order valence-electron chi connectivity index (χ3n) is 6.13. The van der Waals surface area contributed by atoms with Crippen LogP contribution in [0.1, 0.15) is 36.1 Å². The van der Waals surface area contributed by atoms with Crippen molar-refractivity contribution in [1.82, 2.24) is 9.55 Å². The number of amides is 1. The molecule has 0 spiro atoms. The minimum atomic E-state index is -0.895. The summed E-state index contributed by atoms with van der Waals surface area (Å²) in [4.78, 5) is 28.4. The van der Waals surface area contributed by atoms with E-state index in [0.29, 0.717) is 17.9 Å². The first-order chi connectivity index (χ1) is 18.4. The molecule has 1 heterocycles. The molecule has 0 saturated heterocycles. The first kappa shape index (κ1) is 26.6. The Kier molecular flexibility index (Phi) is 8.89. The maximum atomic E-state index is 12.6. The van der Waals surface area contributed by atoms with Crippen molar-refractivity contribution in [2.24, 2.45) is 7.05 Å². The third kappa shape index (κ3) is 7.30. The van der Waals surface area contributed by atoms with E-state index in [0.717, 1.165) is 22.3 Å². The van der Waals surface area contributed by atoms with Gasteiger partial charge in [0.15, 0.2) is 0 Å². The molecule has 4 aromatic rings. The second kappa shape index (κ2) is 12.7. The Morgan fingerprint density at radius 1 is 0.947 bits per heavy atom. The van der Waals surface area contributed by atoms with Crippen LogP contribution in [0.25, 0.3) is 11.3 Å². The second-order valence-electron chi connectivity index (χ2n) is 9.05. The molecule has 0 fully saturated rings. The summed E-state index contributed by atoms with van der Waals surface area (Å²) in [5.74, 6) is -0.378. The fraction of sp³-hybridized carbons (Fsp3) is 0.233. The summed E-state index contributed by atoms with van der Waals surface area (Å²) >= 11 is 0. The quantitative estimate of drug-likeness (QED) is 0.255. The van der Waals surface area contributed by atoms with Crippen LogP contribution in [0.15, 0.2) is 91.3 Å². The number of anilines is 1. The Labute approximate surface area is 221 Å². The van der Waals surface area contributed by atoms with E-state index < -0.39 is 24.3 Å². The van der Waals surface area contributed by atoms with Gasteiger partial charge < -0.3 is 19.1 Å². The number of rotatable bonds is 11. The van der Waals surface area contributed by atoms with Gasteiger partial charge in [0.05, 0.1) is 25.5 Å². The number of carboxylic acids is 1. The number of hydrogen-bond donors (Lipinski definition) is 2. The van der Waals surface area contributed by atoms with Gasteiger partial charge in [-0.25, -0.2) is 9.78 Å². The van der Waals surface area contributed by atoms with Crippen molar-refractivity contribution in [2.45, 2.75) is 38.6 Å². The van der Waals surface area contributed by atoms with E-state index in [1.807, 2.05) is 91.9 Å². The fourth-order valence-electron chi connectivity index (χ4n) is 4.10. The number of aliphatic carboxylic acids is 1. The average molecular weight is 514 g/mol. The van der Waals surface area contributed by atoms with E-state index in [1.54, 1.807) is 17.9 Å². The Balaban J connectivity index is 1.39. The molecular weight excluding hydrogens is 482 g/mol. The highest BCUT2D eigenvalue weighted by Gasteiger charge is 2.18. The van der Waals surface area contributed by atoms with Gasteiger partial charge in [0, 0.05) is 12.6 Å². The molecule has 2 N–H and O–H groups in total. The number of imidazole rings is 1. The molecular formula is C30H31N3O5. The molecule has 0 bridgehead atoms. The summed E-state index contributed by atoms with van der Waals surface area (Å²) in [6.07, 6.45) is 0.661. The van der Waals surface area contributed by atoms with Gasteiger partial charge in [-0.3, -0.25) is 10.1 Å². The molecule has 4 rings (SSSR count). The lowest BCUT2D eigenvalue weighted by Crippen LogP contribution is -2.20. The summed E-state index contributed by atoms with van der Waals surface area (Å²) in [7, 11) is 1.80. The van der Waals surface area contributed by atoms with Crippen molar-refractivity contribution in [3.8, 4) is 11.3 Å². The van der Waals surface area contributed by atoms with E-state index in [2.05, 4.69) is 10.3 Å². The lowest BCUT2D eigenvalue weighted by atomic mass is 10.1. The molecule has 1 amide bonds. The van der Waals surface area contributed by atoms with Crippen LogP contribution in [-0.2, 0) is 34.3 Å². The van der Waals surface area contributed by atoms with Gasteiger partial charge in [0.2, 0.25) is 0 Å². The molecule has 3 aromatic carbocycles. The molecule has 2 atom stereocenters. The number of carbonyl (C=O) groups excluding carboxylic acids is 1. The summed E-state index contributed by atoms with van der Waals surface area (Å²) in [5.41, 5.74) is 4.25. The first-order valence-corrected chi connectivity index (χ1v) is 12.4. The van der Waals surface area contributed by atoms with Crippen molar-refractivity contribution in [3.05, 3.63) is 108 Å². The highest BCUT2D eigenvalue weighted by Crippen LogP contribution is 2.27. The molecule has 38 heavy (non-hydrogen) atoms. The molecule has 0 aliphatic rings. The standard InChI is InChI=1S/C30H31N3O5/c1-21(24-11-7-4-8-12-24)38-30(36)32-29-28(31-20-33(29)2)25-15-13-23(14-16-25)19-37-26(18-27(34)35)17-22-9-5-3-6-10-22/h3-16,20-21,26H,17-19H2,1-2H3,(H,32,36)(H,34,35). The number of carboxylic acid groups (broad SMARTS) is 1. The Morgan fingerprint density at radius 3 is 2.26 bits per heavy atom. The van der Waals surface area contributed by atoms with Gasteiger partial charge in [-0.2, -0.15) is 0 Å². The number of nitrogens with one attached hydrogen (secondary N) is 1. The largest absolute Gasteiger partial charge is 0.481 e. The zero-order valence-corrected chi connectivity index (χ0v) is 21.4. The van der Waals surface area contributed by atoms with E-state index in [9.17, 15) is 14.7 Å². The van der Waals surface area contributed by atoms with Gasteiger partial charge in [0.1, 0.15) is 17.6 Å². The second-order valence-corrected chi connectivity index (χ2v) is 9.05. The van der Waals surface area contributed by atoms with Crippen LogP contribution in [-0.4, -0.2) is 32.8 Å². The summed E-state index contributed by atoms with van der Waals surface area (Å²) in [5, 5.41) is 12.1. The first-order valence-electron chi connectivity index (χ1n) is 12.4. The van der Waals surface area contributed by atoms with Gasteiger partial charge in [-0.05, 0) is 30.0 Å². The van der Waals surface area contributed by atoms with Crippen molar-refractivity contribution >= 4 is 17.9 Å². The Bertz CT molecular complexity index is 1340. The van der Waals surface area contributed by atoms with Crippen molar-refractivity contribution in [2.75, 3.05) is 5.32 Å². The maximum absolute atomic E-state index is 12.6. The van der Waals surface area contributed by atoms with Crippen LogP contribution in [0.5, 0.6) is 0 Å². The van der Waals surface area contributed by atoms with Crippen LogP contribution >= 0.6 is 0 Å². The summed E-state index contributed by atoms with van der Waals surface area (Å²) in [6, 6.07) is 26.8. The molecule has 196 valence electrons. The average Bonchev–Trinajstić information content (AvgIpc) is 3.28. The molecule has 0 aliphatic heterocycles. The number of benzene rings is 3. The van der Waals surface area contributed by atoms with Gasteiger partial charge in [-0.15, -0.1) is 0 Å². The monoisotopic (exact) mass is 513 g/mol. The maximum Gasteiger partial charge on any atom is 0.413 e. The summed E-state index contributed by atoms with van der Waals surface area (Å²) < 4.78 is 13.2. The number of hydrogen-bond acceptors (Lipinski definition) is 5. The number of aromatic nitrogens is 2. The van der Waals surface area contributed by atoms with Crippen molar-refractivity contribution in [3.63, 3.8) is 0 Å². The van der Waals surface area contributed by atoms with Gasteiger partial charge >= 0.3 is 12.1 Å². The number of ether oxygens (including phenoxy) is 2. The van der Waals surface area contributed by atoms with Gasteiger partial charge in [0.25, 0.3) is 0 Å². The normalized spacial score (nSPS) is 12.5. The zero-order valence-electron chi connectivity index (χ0n) is 21.4. The van der Waals surface area contributed by atoms with E-state index in [1.165, 1.54) is 0 Å². The minimum Gasteiger partial charge on any atom is -0.481 e. The lowest BCUT2D eigenvalue weighted by Gasteiger charge is -2.17. The molecule has 8 heteroatoms. The topological polar surface area (TPSA) is 103 Å². The highest BCUT2D eigenvalue weighted by atomic mass is 16.6. The SMILES string of the molecule is CC(OC(=O)Nc1c(-c2ccc(COC(CC(=O)O)Cc3ccccc3)cc2)ncn1C)c1ccccc1. The Hall–Kier alpha value is -4.43. The smallest absolute Gasteiger partial charge is 0.413 e. The van der Waals surface area contributed by atoms with Crippen LogP contribution in [0.4, 0.5) is 10.6 Å². The van der Waals surface area contributed by atoms with Crippen LogP contribution in [0.3, 0.4) is 0 Å². The number of nitrogens with zero attached hydrogens (tertiary/aromatic N) is 2. The minimum absolute atomic E-state index is 0.0745.